The van der Waals surface area contributed by atoms with Gasteiger partial charge in [0.2, 0.25) is 5.78 Å². The number of aromatic hydroxyl groups is 1. The second-order valence-corrected chi connectivity index (χ2v) is 10.1. The van der Waals surface area contributed by atoms with Crippen molar-refractivity contribution in [3.05, 3.63) is 81.1 Å². The minimum atomic E-state index is -2.91. The summed E-state index contributed by atoms with van der Waals surface area (Å²) in [4.78, 5) is 50.5. The SMILES string of the molecule is C[C@H]1c2c(-c3cc4ccccc4o3)ccc(O)c2C(=O)C2=C(O)[C@]3(O)C(=O)C(C(N)=O)=C(N=O)C[C@@H]3[C@@H](O)[C@@H]21. The highest BCUT2D eigenvalue weighted by Crippen LogP contribution is 2.56. The Bertz CT molecular complexity index is 1680. The predicted octanol–water partition coefficient (Wildman–Crippen LogP) is 2.73. The van der Waals surface area contributed by atoms with E-state index in [9.17, 15) is 39.7 Å². The molecule has 39 heavy (non-hydrogen) atoms. The van der Waals surface area contributed by atoms with E-state index in [0.29, 0.717) is 22.5 Å². The Balaban J connectivity index is 1.59. The van der Waals surface area contributed by atoms with Gasteiger partial charge in [-0.1, -0.05) is 25.1 Å². The largest absolute Gasteiger partial charge is 0.508 e. The van der Waals surface area contributed by atoms with Gasteiger partial charge in [0.15, 0.2) is 11.4 Å². The van der Waals surface area contributed by atoms with E-state index in [0.717, 1.165) is 5.39 Å². The molecule has 0 radical (unpaired) electrons. The average molecular weight is 530 g/mol. The molecule has 0 bridgehead atoms. The first-order valence-corrected chi connectivity index (χ1v) is 12.2. The standard InChI is InChI=1S/C28H22N2O9/c1-10-18-12(17-8-11-4-2-3-5-16(11)39-17)6-7-15(31)21(18)24(33)22-19(10)23(32)13-9-14(30-38)20(27(29)36)25(34)28(13,37)26(22)35/h2-8,10,13,19,23,31-32,35,37H,9H2,1H3,(H2,29,36)/t10-,13+,19+,23+,28+/m0/s1. The average Bonchev–Trinajstić information content (AvgIpc) is 3.34. The van der Waals surface area contributed by atoms with Crippen LogP contribution >= 0.6 is 0 Å². The van der Waals surface area contributed by atoms with Crippen LogP contribution in [0.1, 0.15) is 35.2 Å². The molecule has 0 spiro atoms. The maximum absolute atomic E-state index is 13.9. The van der Waals surface area contributed by atoms with Gasteiger partial charge in [-0.15, -0.1) is 4.91 Å². The van der Waals surface area contributed by atoms with Crippen LogP contribution in [0.5, 0.6) is 5.75 Å². The molecule has 0 saturated carbocycles. The summed E-state index contributed by atoms with van der Waals surface area (Å²) >= 11 is 0. The normalized spacial score (nSPS) is 28.3. The summed E-state index contributed by atoms with van der Waals surface area (Å²) in [5.74, 6) is -8.20. The van der Waals surface area contributed by atoms with Crippen LogP contribution in [0.4, 0.5) is 0 Å². The van der Waals surface area contributed by atoms with Crippen molar-refractivity contribution in [3.63, 3.8) is 0 Å². The van der Waals surface area contributed by atoms with Crippen molar-refractivity contribution in [1.82, 2.24) is 0 Å². The minimum absolute atomic E-state index is 0.184. The highest BCUT2D eigenvalue weighted by molar-refractivity contribution is 6.25. The zero-order valence-corrected chi connectivity index (χ0v) is 20.4. The first-order valence-electron chi connectivity index (χ1n) is 12.2. The number of allylic oxidation sites excluding steroid dienone is 1. The molecule has 0 saturated heterocycles. The van der Waals surface area contributed by atoms with Crippen molar-refractivity contribution in [2.24, 2.45) is 22.7 Å². The lowest BCUT2D eigenvalue weighted by atomic mass is 9.56. The number of para-hydroxylation sites is 1. The number of primary amides is 1. The molecule has 1 aromatic heterocycles. The van der Waals surface area contributed by atoms with Gasteiger partial charge in [0.25, 0.3) is 5.91 Å². The van der Waals surface area contributed by atoms with Crippen molar-refractivity contribution in [2.45, 2.75) is 31.0 Å². The summed E-state index contributed by atoms with van der Waals surface area (Å²) in [6.45, 7) is 1.66. The number of benzene rings is 2. The maximum atomic E-state index is 13.9. The number of fused-ring (bicyclic) bond motifs is 4. The van der Waals surface area contributed by atoms with Crippen molar-refractivity contribution < 1.29 is 39.2 Å². The smallest absolute Gasteiger partial charge is 0.254 e. The molecule has 3 aromatic rings. The molecule has 0 aliphatic heterocycles. The number of phenolic OH excluding ortho intramolecular Hbond substituents is 1. The first kappa shape index (κ1) is 24.7. The van der Waals surface area contributed by atoms with E-state index >= 15 is 0 Å². The maximum Gasteiger partial charge on any atom is 0.254 e. The molecule has 0 fully saturated rings. The molecule has 3 aliphatic rings. The molecule has 2 aromatic carbocycles. The Hall–Kier alpha value is -4.61. The van der Waals surface area contributed by atoms with Crippen molar-refractivity contribution >= 4 is 28.4 Å². The fraction of sp³-hybridized carbons (Fsp3) is 0.250. The number of aliphatic hydroxyl groups excluding tert-OH is 2. The third-order valence-corrected chi connectivity index (χ3v) is 8.28. The number of hydrogen-bond donors (Lipinski definition) is 5. The lowest BCUT2D eigenvalue weighted by Crippen LogP contribution is -2.62. The van der Waals surface area contributed by atoms with E-state index in [1.165, 1.54) is 6.07 Å². The first-order chi connectivity index (χ1) is 18.5. The van der Waals surface area contributed by atoms with Gasteiger partial charge in [-0.05, 0) is 40.9 Å². The Morgan fingerprint density at radius 3 is 2.54 bits per heavy atom. The number of carbonyl (C=O) groups excluding carboxylic acids is 3. The van der Waals surface area contributed by atoms with Crippen LogP contribution in [0.2, 0.25) is 0 Å². The number of phenols is 1. The third kappa shape index (κ3) is 3.08. The van der Waals surface area contributed by atoms with Gasteiger partial charge in [0, 0.05) is 34.8 Å². The van der Waals surface area contributed by atoms with Crippen LogP contribution in [0, 0.1) is 16.7 Å². The number of ketones is 2. The van der Waals surface area contributed by atoms with Crippen LogP contribution in [-0.4, -0.2) is 49.6 Å². The number of rotatable bonds is 3. The minimum Gasteiger partial charge on any atom is -0.508 e. The number of nitroso groups, excluding NO2 is 1. The molecule has 11 heteroatoms. The van der Waals surface area contributed by atoms with E-state index in [1.54, 1.807) is 31.2 Å². The topological polar surface area (TPSA) is 201 Å². The third-order valence-electron chi connectivity index (χ3n) is 8.28. The zero-order valence-electron chi connectivity index (χ0n) is 20.4. The molecule has 0 unspecified atom stereocenters. The molecule has 6 N–H and O–H groups in total. The van der Waals surface area contributed by atoms with Crippen LogP contribution in [-0.2, 0) is 9.59 Å². The Morgan fingerprint density at radius 2 is 1.87 bits per heavy atom. The lowest BCUT2D eigenvalue weighted by Gasteiger charge is -2.50. The molecule has 198 valence electrons. The van der Waals surface area contributed by atoms with Crippen molar-refractivity contribution in [3.8, 4) is 17.1 Å². The van der Waals surface area contributed by atoms with Crippen molar-refractivity contribution in [2.75, 3.05) is 0 Å². The lowest BCUT2D eigenvalue weighted by molar-refractivity contribution is -0.153. The van der Waals surface area contributed by atoms with Gasteiger partial charge in [0.1, 0.15) is 34.1 Å². The predicted molar refractivity (Wildman–Crippen MR) is 135 cm³/mol. The monoisotopic (exact) mass is 530 g/mol. The molecule has 11 nitrogen and oxygen atoms in total. The van der Waals surface area contributed by atoms with Gasteiger partial charge >= 0.3 is 0 Å². The quantitative estimate of drug-likeness (QED) is 0.249. The second-order valence-electron chi connectivity index (χ2n) is 10.1. The van der Waals surface area contributed by atoms with Crippen LogP contribution in [0.3, 0.4) is 0 Å². The Morgan fingerprint density at radius 1 is 1.15 bits per heavy atom. The van der Waals surface area contributed by atoms with E-state index in [2.05, 4.69) is 5.18 Å². The molecular formula is C28H22N2O9. The van der Waals surface area contributed by atoms with E-state index in [1.807, 2.05) is 12.1 Å². The fourth-order valence-corrected chi connectivity index (χ4v) is 6.49. The van der Waals surface area contributed by atoms with Crippen LogP contribution in [0.25, 0.3) is 22.3 Å². The zero-order chi connectivity index (χ0) is 28.0. The number of aliphatic hydroxyl groups is 3. The summed E-state index contributed by atoms with van der Waals surface area (Å²) in [6.07, 6.45) is -2.20. The molecular weight excluding hydrogens is 508 g/mol. The number of furan rings is 1. The number of amides is 1. The van der Waals surface area contributed by atoms with E-state index in [4.69, 9.17) is 10.2 Å². The van der Waals surface area contributed by atoms with Gasteiger partial charge in [-0.2, -0.15) is 0 Å². The number of nitrogens with two attached hydrogens (primary N) is 1. The molecule has 5 atom stereocenters. The van der Waals surface area contributed by atoms with E-state index < -0.39 is 81.7 Å². The van der Waals surface area contributed by atoms with Crippen LogP contribution < -0.4 is 5.73 Å². The molecule has 6 rings (SSSR count). The number of carbonyl (C=O) groups is 3. The van der Waals surface area contributed by atoms with Crippen LogP contribution in [0.15, 0.2) is 74.7 Å². The Kier molecular flexibility index (Phi) is 5.19. The summed E-state index contributed by atoms with van der Waals surface area (Å²) in [5.41, 5.74) is 1.62. The fourth-order valence-electron chi connectivity index (χ4n) is 6.49. The number of hydrogen-bond acceptors (Lipinski definition) is 10. The summed E-state index contributed by atoms with van der Waals surface area (Å²) in [5, 5.41) is 48.6. The van der Waals surface area contributed by atoms with Crippen molar-refractivity contribution in [1.29, 1.82) is 0 Å². The summed E-state index contributed by atoms with van der Waals surface area (Å²) in [7, 11) is 0. The van der Waals surface area contributed by atoms with E-state index in [-0.39, 0.29) is 5.56 Å². The van der Waals surface area contributed by atoms with Gasteiger partial charge < -0.3 is 30.6 Å². The number of Topliss-reactive ketones (excluding diaryl/α,β-unsaturated/α-hetero) is 2. The summed E-state index contributed by atoms with van der Waals surface area (Å²) in [6, 6.07) is 11.9. The molecule has 1 heterocycles. The number of nitrogens with zero attached hydrogens (tertiary/aromatic N) is 1. The molecule has 1 amide bonds. The van der Waals surface area contributed by atoms with Gasteiger partial charge in [-0.3, -0.25) is 14.4 Å². The summed E-state index contributed by atoms with van der Waals surface area (Å²) < 4.78 is 6.01. The van der Waals surface area contributed by atoms with Gasteiger partial charge in [0.05, 0.1) is 11.7 Å². The van der Waals surface area contributed by atoms with Gasteiger partial charge in [-0.25, -0.2) is 0 Å². The molecule has 3 aliphatic carbocycles. The Labute approximate surface area is 219 Å². The second kappa shape index (κ2) is 8.19. The highest BCUT2D eigenvalue weighted by atomic mass is 16.4. The highest BCUT2D eigenvalue weighted by Gasteiger charge is 2.64.